The summed E-state index contributed by atoms with van der Waals surface area (Å²) in [6, 6.07) is 13.5. The van der Waals surface area contributed by atoms with Gasteiger partial charge in [0.2, 0.25) is 0 Å². The van der Waals surface area contributed by atoms with Crippen molar-refractivity contribution in [3.05, 3.63) is 59.8 Å². The summed E-state index contributed by atoms with van der Waals surface area (Å²) in [7, 11) is 3.13. The highest BCUT2D eigenvalue weighted by Crippen LogP contribution is 2.28. The lowest BCUT2D eigenvalue weighted by Gasteiger charge is -2.09. The van der Waals surface area contributed by atoms with Crippen molar-refractivity contribution in [3.8, 4) is 11.5 Å². The van der Waals surface area contributed by atoms with Crippen LogP contribution in [0.15, 0.2) is 48.7 Å². The number of hydrogen-bond acceptors (Lipinski definition) is 5. The molecule has 1 amide bonds. The number of amides is 1. The largest absolute Gasteiger partial charge is 0.493 e. The fourth-order valence-corrected chi connectivity index (χ4v) is 3.23. The van der Waals surface area contributed by atoms with E-state index in [0.717, 1.165) is 22.0 Å². The van der Waals surface area contributed by atoms with Crippen molar-refractivity contribution in [3.63, 3.8) is 0 Å². The molecule has 1 heterocycles. The van der Waals surface area contributed by atoms with Gasteiger partial charge in [0.1, 0.15) is 0 Å². The Kier molecular flexibility index (Phi) is 7.32. The van der Waals surface area contributed by atoms with E-state index in [1.807, 2.05) is 42.6 Å². The first kappa shape index (κ1) is 21.2. The van der Waals surface area contributed by atoms with Crippen molar-refractivity contribution in [1.29, 1.82) is 0 Å². The maximum Gasteiger partial charge on any atom is 0.306 e. The molecule has 0 saturated heterocycles. The molecule has 0 saturated carbocycles. The predicted molar refractivity (Wildman–Crippen MR) is 114 cm³/mol. The zero-order chi connectivity index (χ0) is 21.3. The van der Waals surface area contributed by atoms with Gasteiger partial charge in [0.05, 0.1) is 14.2 Å². The van der Waals surface area contributed by atoms with Crippen molar-refractivity contribution in [1.82, 2.24) is 10.3 Å². The number of methoxy groups -OCH3 is 2. The Balaban J connectivity index is 1.37. The number of nitrogens with one attached hydrogen (secondary N) is 2. The van der Waals surface area contributed by atoms with Crippen LogP contribution in [0.1, 0.15) is 17.5 Å². The summed E-state index contributed by atoms with van der Waals surface area (Å²) in [5.41, 5.74) is 3.13. The fraction of sp³-hybridized carbons (Fsp3) is 0.304. The van der Waals surface area contributed by atoms with E-state index in [9.17, 15) is 9.59 Å². The van der Waals surface area contributed by atoms with Crippen molar-refractivity contribution < 1.29 is 23.8 Å². The SMILES string of the molecule is COc1ccc(CCC(=O)OCC(=O)NCCc2c[nH]c3ccccc23)cc1OC. The second-order valence-corrected chi connectivity index (χ2v) is 6.81. The zero-order valence-corrected chi connectivity index (χ0v) is 17.2. The second kappa shape index (κ2) is 10.3. The van der Waals surface area contributed by atoms with Crippen molar-refractivity contribution in [2.24, 2.45) is 0 Å². The molecule has 0 unspecified atom stereocenters. The highest BCUT2D eigenvalue weighted by molar-refractivity contribution is 5.83. The number of esters is 1. The smallest absolute Gasteiger partial charge is 0.306 e. The molecular weight excluding hydrogens is 384 g/mol. The fourth-order valence-electron chi connectivity index (χ4n) is 3.23. The van der Waals surface area contributed by atoms with Crippen LogP contribution >= 0.6 is 0 Å². The number of para-hydroxylation sites is 1. The number of carbonyl (C=O) groups excluding carboxylic acids is 2. The lowest BCUT2D eigenvalue weighted by molar-refractivity contribution is -0.148. The number of rotatable bonds is 10. The summed E-state index contributed by atoms with van der Waals surface area (Å²) in [6.45, 7) is 0.197. The third-order valence-corrected chi connectivity index (χ3v) is 4.82. The van der Waals surface area contributed by atoms with E-state index in [1.54, 1.807) is 20.3 Å². The Bertz CT molecular complexity index is 1010. The summed E-state index contributed by atoms with van der Waals surface area (Å²) in [5, 5.41) is 3.93. The Labute approximate surface area is 175 Å². The lowest BCUT2D eigenvalue weighted by Crippen LogP contribution is -2.30. The van der Waals surface area contributed by atoms with Crippen molar-refractivity contribution in [2.75, 3.05) is 27.4 Å². The van der Waals surface area contributed by atoms with E-state index in [-0.39, 0.29) is 18.9 Å². The normalized spacial score (nSPS) is 10.6. The Hall–Kier alpha value is -3.48. The average molecular weight is 410 g/mol. The topological polar surface area (TPSA) is 89.6 Å². The van der Waals surface area contributed by atoms with Crippen LogP contribution in [0.2, 0.25) is 0 Å². The summed E-state index contributed by atoms with van der Waals surface area (Å²) in [4.78, 5) is 27.1. The number of ether oxygens (including phenoxy) is 3. The maximum atomic E-state index is 11.9. The molecule has 7 heteroatoms. The van der Waals surface area contributed by atoms with Gasteiger partial charge >= 0.3 is 5.97 Å². The molecule has 30 heavy (non-hydrogen) atoms. The van der Waals surface area contributed by atoms with E-state index in [4.69, 9.17) is 14.2 Å². The molecule has 3 rings (SSSR count). The molecule has 7 nitrogen and oxygen atoms in total. The molecule has 0 atom stereocenters. The summed E-state index contributed by atoms with van der Waals surface area (Å²) >= 11 is 0. The van der Waals surface area contributed by atoms with Gasteiger partial charge in [-0.25, -0.2) is 0 Å². The molecule has 2 aromatic carbocycles. The van der Waals surface area contributed by atoms with Crippen LogP contribution in [0.5, 0.6) is 11.5 Å². The Morgan fingerprint density at radius 1 is 1.00 bits per heavy atom. The molecule has 0 aliphatic rings. The Morgan fingerprint density at radius 2 is 1.80 bits per heavy atom. The molecule has 0 aliphatic heterocycles. The van der Waals surface area contributed by atoms with Crippen LogP contribution in [0, 0.1) is 0 Å². The highest BCUT2D eigenvalue weighted by atomic mass is 16.5. The number of hydrogen-bond donors (Lipinski definition) is 2. The number of aryl methyl sites for hydroxylation is 1. The highest BCUT2D eigenvalue weighted by Gasteiger charge is 2.10. The van der Waals surface area contributed by atoms with Gasteiger partial charge in [-0.15, -0.1) is 0 Å². The summed E-state index contributed by atoms with van der Waals surface area (Å²) in [6.07, 6.45) is 3.31. The summed E-state index contributed by atoms with van der Waals surface area (Å²) < 4.78 is 15.5. The number of benzene rings is 2. The monoisotopic (exact) mass is 410 g/mol. The van der Waals surface area contributed by atoms with Crippen molar-refractivity contribution >= 4 is 22.8 Å². The van der Waals surface area contributed by atoms with Gasteiger partial charge in [0, 0.05) is 30.1 Å². The third kappa shape index (κ3) is 5.53. The third-order valence-electron chi connectivity index (χ3n) is 4.82. The van der Waals surface area contributed by atoms with E-state index in [1.165, 1.54) is 0 Å². The quantitative estimate of drug-likeness (QED) is 0.502. The van der Waals surface area contributed by atoms with Crippen LogP contribution in [0.3, 0.4) is 0 Å². The molecule has 2 N–H and O–H groups in total. The minimum absolute atomic E-state index is 0.179. The first-order valence-corrected chi connectivity index (χ1v) is 9.79. The summed E-state index contributed by atoms with van der Waals surface area (Å²) in [5.74, 6) is 0.511. The van der Waals surface area contributed by atoms with E-state index in [0.29, 0.717) is 30.9 Å². The van der Waals surface area contributed by atoms with Crippen molar-refractivity contribution in [2.45, 2.75) is 19.3 Å². The maximum absolute atomic E-state index is 11.9. The van der Waals surface area contributed by atoms with Gasteiger partial charge in [-0.05, 0) is 42.2 Å². The zero-order valence-electron chi connectivity index (χ0n) is 17.2. The van der Waals surface area contributed by atoms with Gasteiger partial charge in [0.25, 0.3) is 5.91 Å². The van der Waals surface area contributed by atoms with Gasteiger partial charge < -0.3 is 24.5 Å². The molecule has 0 radical (unpaired) electrons. The van der Waals surface area contributed by atoms with E-state index in [2.05, 4.69) is 10.3 Å². The first-order valence-electron chi connectivity index (χ1n) is 9.79. The van der Waals surface area contributed by atoms with Gasteiger partial charge in [-0.2, -0.15) is 0 Å². The standard InChI is InChI=1S/C23H26N2O5/c1-28-20-9-7-16(13-21(20)29-2)8-10-23(27)30-15-22(26)24-12-11-17-14-25-19-6-4-3-5-18(17)19/h3-7,9,13-14,25H,8,10-12,15H2,1-2H3,(H,24,26). The van der Waals surface area contributed by atoms with Crippen LogP contribution in [-0.4, -0.2) is 44.2 Å². The Morgan fingerprint density at radius 3 is 2.60 bits per heavy atom. The lowest BCUT2D eigenvalue weighted by atomic mass is 10.1. The molecule has 158 valence electrons. The molecular formula is C23H26N2O5. The average Bonchev–Trinajstić information content (AvgIpc) is 3.19. The molecule has 0 spiro atoms. The number of H-pyrrole nitrogens is 1. The van der Waals surface area contributed by atoms with Crippen LogP contribution < -0.4 is 14.8 Å². The minimum atomic E-state index is -0.420. The predicted octanol–water partition coefficient (Wildman–Crippen LogP) is 3.02. The molecule has 0 bridgehead atoms. The molecule has 3 aromatic rings. The van der Waals surface area contributed by atoms with Gasteiger partial charge in [-0.3, -0.25) is 9.59 Å². The first-order chi connectivity index (χ1) is 14.6. The van der Waals surface area contributed by atoms with Crippen LogP contribution in [0.4, 0.5) is 0 Å². The minimum Gasteiger partial charge on any atom is -0.493 e. The molecule has 0 aliphatic carbocycles. The van der Waals surface area contributed by atoms with Crippen LogP contribution in [0.25, 0.3) is 10.9 Å². The molecule has 0 fully saturated rings. The molecule has 1 aromatic heterocycles. The van der Waals surface area contributed by atoms with Gasteiger partial charge in [-0.1, -0.05) is 24.3 Å². The van der Waals surface area contributed by atoms with E-state index >= 15 is 0 Å². The number of fused-ring (bicyclic) bond motifs is 1. The second-order valence-electron chi connectivity index (χ2n) is 6.81. The van der Waals surface area contributed by atoms with Crippen LogP contribution in [-0.2, 0) is 27.2 Å². The number of carbonyl (C=O) groups is 2. The van der Waals surface area contributed by atoms with Gasteiger partial charge in [0.15, 0.2) is 18.1 Å². The number of aromatic amines is 1. The number of aromatic nitrogens is 1. The van der Waals surface area contributed by atoms with E-state index < -0.39 is 5.97 Å².